The lowest BCUT2D eigenvalue weighted by Crippen LogP contribution is -2.29. The maximum Gasteiger partial charge on any atom is 0.265 e. The van der Waals surface area contributed by atoms with Crippen LogP contribution in [0, 0.1) is 0 Å². The van der Waals surface area contributed by atoms with Crippen LogP contribution in [0.1, 0.15) is 34.7 Å². The van der Waals surface area contributed by atoms with Crippen LogP contribution in [-0.2, 0) is 0 Å². The van der Waals surface area contributed by atoms with Gasteiger partial charge >= 0.3 is 0 Å². The molecule has 1 amide bonds. The molecular formula is C12H15ClN2O. The normalized spacial score (nSPS) is 20.4. The molecule has 1 fully saturated rings. The number of nitrogens with one attached hydrogen (secondary N) is 2. The van der Waals surface area contributed by atoms with Crippen molar-refractivity contribution in [3.05, 3.63) is 35.4 Å². The van der Waals surface area contributed by atoms with Gasteiger partial charge in [-0.05, 0) is 36.9 Å². The van der Waals surface area contributed by atoms with Crippen LogP contribution in [0.15, 0.2) is 24.3 Å². The maximum absolute atomic E-state index is 11.6. The Bertz CT molecular complexity index is 375. The highest BCUT2D eigenvalue weighted by atomic mass is 35.5. The fourth-order valence-corrected chi connectivity index (χ4v) is 2.33. The van der Waals surface area contributed by atoms with Gasteiger partial charge in [0.25, 0.3) is 5.91 Å². The van der Waals surface area contributed by atoms with Gasteiger partial charge in [-0.15, -0.1) is 0 Å². The van der Waals surface area contributed by atoms with Gasteiger partial charge in [0.15, 0.2) is 0 Å². The summed E-state index contributed by atoms with van der Waals surface area (Å²) >= 11 is 5.38. The number of benzene rings is 1. The van der Waals surface area contributed by atoms with Gasteiger partial charge in [-0.25, -0.2) is 0 Å². The minimum atomic E-state index is -0.220. The zero-order chi connectivity index (χ0) is 11.4. The van der Waals surface area contributed by atoms with E-state index in [0.29, 0.717) is 11.5 Å². The fraction of sp³-hybridized carbons (Fsp3) is 0.417. The van der Waals surface area contributed by atoms with Gasteiger partial charge in [-0.2, -0.15) is 0 Å². The van der Waals surface area contributed by atoms with E-state index in [0.717, 1.165) is 31.5 Å². The van der Waals surface area contributed by atoms with Crippen molar-refractivity contribution < 1.29 is 4.79 Å². The van der Waals surface area contributed by atoms with Gasteiger partial charge in [0.2, 0.25) is 0 Å². The third kappa shape index (κ3) is 2.36. The second-order valence-corrected chi connectivity index (χ2v) is 4.24. The topological polar surface area (TPSA) is 41.1 Å². The Balaban J connectivity index is 2.28. The summed E-state index contributed by atoms with van der Waals surface area (Å²) in [6.07, 6.45) is 2.28. The lowest BCUT2D eigenvalue weighted by molar-refractivity contribution is 0.0980. The number of hydrogen-bond acceptors (Lipinski definition) is 2. The van der Waals surface area contributed by atoms with E-state index in [1.165, 1.54) is 0 Å². The molecule has 0 radical (unpaired) electrons. The quantitative estimate of drug-likeness (QED) is 0.775. The van der Waals surface area contributed by atoms with E-state index in [1.54, 1.807) is 0 Å². The van der Waals surface area contributed by atoms with Crippen LogP contribution in [0.5, 0.6) is 0 Å². The first-order valence-electron chi connectivity index (χ1n) is 5.53. The lowest BCUT2D eigenvalue weighted by Gasteiger charge is -2.24. The lowest BCUT2D eigenvalue weighted by atomic mass is 9.88. The van der Waals surface area contributed by atoms with Gasteiger partial charge in [0.1, 0.15) is 0 Å². The van der Waals surface area contributed by atoms with E-state index in [-0.39, 0.29) is 5.91 Å². The Morgan fingerprint density at radius 3 is 2.94 bits per heavy atom. The molecule has 1 aromatic rings. The average Bonchev–Trinajstić information content (AvgIpc) is 2.39. The molecule has 4 heteroatoms. The smallest absolute Gasteiger partial charge is 0.265 e. The van der Waals surface area contributed by atoms with Crippen molar-refractivity contribution in [1.82, 2.24) is 10.2 Å². The maximum atomic E-state index is 11.6. The summed E-state index contributed by atoms with van der Waals surface area (Å²) in [7, 11) is 0. The molecule has 3 nitrogen and oxygen atoms in total. The molecule has 0 bridgehead atoms. The van der Waals surface area contributed by atoms with E-state index in [9.17, 15) is 4.79 Å². The van der Waals surface area contributed by atoms with Crippen molar-refractivity contribution in [1.29, 1.82) is 0 Å². The van der Waals surface area contributed by atoms with Crippen LogP contribution in [-0.4, -0.2) is 19.0 Å². The Kier molecular flexibility index (Phi) is 3.80. The molecule has 2 rings (SSSR count). The summed E-state index contributed by atoms with van der Waals surface area (Å²) in [5, 5.41) is 3.35. The first-order valence-corrected chi connectivity index (χ1v) is 5.91. The molecule has 0 spiro atoms. The third-order valence-corrected chi connectivity index (χ3v) is 3.20. The average molecular weight is 239 g/mol. The number of carbonyl (C=O) groups is 1. The van der Waals surface area contributed by atoms with Gasteiger partial charge < -0.3 is 5.32 Å². The van der Waals surface area contributed by atoms with E-state index < -0.39 is 0 Å². The third-order valence-electron chi connectivity index (χ3n) is 3.03. The van der Waals surface area contributed by atoms with Crippen LogP contribution in [0.25, 0.3) is 0 Å². The van der Waals surface area contributed by atoms with Gasteiger partial charge in [-0.1, -0.05) is 18.2 Å². The zero-order valence-electron chi connectivity index (χ0n) is 9.00. The monoisotopic (exact) mass is 238 g/mol. The summed E-state index contributed by atoms with van der Waals surface area (Å²) in [5.41, 5.74) is 1.78. The van der Waals surface area contributed by atoms with Crippen molar-refractivity contribution in [2.45, 2.75) is 18.8 Å². The number of rotatable bonds is 2. The Morgan fingerprint density at radius 2 is 2.25 bits per heavy atom. The standard InChI is InChI=1S/C12H15ClN2O/c13-15-12(16)11-6-2-1-5-10(11)9-4-3-7-14-8-9/h1-2,5-6,9,14H,3-4,7-8H2,(H,15,16). The molecule has 2 N–H and O–H groups in total. The number of halogens is 1. The van der Waals surface area contributed by atoms with Crippen LogP contribution < -0.4 is 10.2 Å². The summed E-state index contributed by atoms with van der Waals surface area (Å²) in [5.74, 6) is 0.196. The van der Waals surface area contributed by atoms with Crippen molar-refractivity contribution in [3.8, 4) is 0 Å². The second-order valence-electron chi connectivity index (χ2n) is 4.05. The van der Waals surface area contributed by atoms with Crippen molar-refractivity contribution in [2.24, 2.45) is 0 Å². The second kappa shape index (κ2) is 5.32. The Morgan fingerprint density at radius 1 is 1.44 bits per heavy atom. The molecule has 16 heavy (non-hydrogen) atoms. The van der Waals surface area contributed by atoms with Crippen LogP contribution in [0.3, 0.4) is 0 Å². The van der Waals surface area contributed by atoms with Gasteiger partial charge in [0.05, 0.1) is 0 Å². The predicted octanol–water partition coefficient (Wildman–Crippen LogP) is 2.04. The van der Waals surface area contributed by atoms with Crippen molar-refractivity contribution >= 4 is 17.7 Å². The summed E-state index contributed by atoms with van der Waals surface area (Å²) < 4.78 is 0. The SMILES string of the molecule is O=C(NCl)c1ccccc1C1CCCNC1. The highest BCUT2D eigenvalue weighted by Gasteiger charge is 2.20. The van der Waals surface area contributed by atoms with Crippen LogP contribution in [0.2, 0.25) is 0 Å². The summed E-state index contributed by atoms with van der Waals surface area (Å²) in [6, 6.07) is 7.66. The molecule has 1 atom stereocenters. The summed E-state index contributed by atoms with van der Waals surface area (Å²) in [6.45, 7) is 2.01. The molecule has 0 aromatic heterocycles. The molecule has 86 valence electrons. The van der Waals surface area contributed by atoms with Gasteiger partial charge in [0, 0.05) is 23.9 Å². The van der Waals surface area contributed by atoms with Crippen LogP contribution >= 0.6 is 11.8 Å². The molecule has 1 unspecified atom stereocenters. The molecule has 1 saturated heterocycles. The molecule has 1 aliphatic heterocycles. The Labute approximate surface area is 100 Å². The minimum Gasteiger partial charge on any atom is -0.316 e. The molecule has 1 heterocycles. The van der Waals surface area contributed by atoms with Crippen LogP contribution in [0.4, 0.5) is 0 Å². The fourth-order valence-electron chi connectivity index (χ4n) is 2.23. The highest BCUT2D eigenvalue weighted by Crippen LogP contribution is 2.26. The first-order chi connectivity index (χ1) is 7.83. The van der Waals surface area contributed by atoms with Gasteiger partial charge in [-0.3, -0.25) is 9.63 Å². The molecular weight excluding hydrogens is 224 g/mol. The van der Waals surface area contributed by atoms with E-state index >= 15 is 0 Å². The number of piperidine rings is 1. The molecule has 1 aliphatic rings. The molecule has 0 aliphatic carbocycles. The Hall–Kier alpha value is -1.06. The van der Waals surface area contributed by atoms with Crippen molar-refractivity contribution in [3.63, 3.8) is 0 Å². The van der Waals surface area contributed by atoms with E-state index in [1.807, 2.05) is 24.3 Å². The minimum absolute atomic E-state index is 0.220. The number of amides is 1. The number of hydrogen-bond donors (Lipinski definition) is 2. The largest absolute Gasteiger partial charge is 0.316 e. The van der Waals surface area contributed by atoms with E-state index in [4.69, 9.17) is 11.8 Å². The molecule has 0 saturated carbocycles. The first kappa shape index (κ1) is 11.4. The predicted molar refractivity (Wildman–Crippen MR) is 64.6 cm³/mol. The zero-order valence-corrected chi connectivity index (χ0v) is 9.76. The van der Waals surface area contributed by atoms with E-state index in [2.05, 4.69) is 10.2 Å². The summed E-state index contributed by atoms with van der Waals surface area (Å²) in [4.78, 5) is 13.8. The van der Waals surface area contributed by atoms with Crippen molar-refractivity contribution in [2.75, 3.05) is 13.1 Å². The number of carbonyl (C=O) groups excluding carboxylic acids is 1. The highest BCUT2D eigenvalue weighted by molar-refractivity contribution is 6.24. The molecule has 1 aromatic carbocycles.